The topological polar surface area (TPSA) is 59.8 Å². The number of methoxy groups -OCH3 is 1. The smallest absolute Gasteiger partial charge is 0.308 e. The third kappa shape index (κ3) is 2.49. The molecule has 1 aliphatic heterocycles. The zero-order chi connectivity index (χ0) is 12.3. The lowest BCUT2D eigenvalue weighted by Crippen LogP contribution is -2.40. The van der Waals surface area contributed by atoms with Crippen LogP contribution in [0.5, 0.6) is 0 Å². The monoisotopic (exact) mass is 237 g/mol. The van der Waals surface area contributed by atoms with Gasteiger partial charge in [-0.25, -0.2) is 0 Å². The van der Waals surface area contributed by atoms with E-state index in [-0.39, 0.29) is 17.8 Å². The van der Waals surface area contributed by atoms with Crippen molar-refractivity contribution >= 4 is 11.9 Å². The summed E-state index contributed by atoms with van der Waals surface area (Å²) < 4.78 is 9.76. The van der Waals surface area contributed by atoms with Crippen LogP contribution in [0.4, 0.5) is 0 Å². The minimum atomic E-state index is -0.185. The first-order valence-electron chi connectivity index (χ1n) is 5.63. The molecule has 2 heterocycles. The molecule has 0 radical (unpaired) electrons. The largest absolute Gasteiger partial charge is 0.469 e. The predicted octanol–water partition coefficient (Wildman–Crippen LogP) is 1.30. The van der Waals surface area contributed by atoms with Gasteiger partial charge in [0.2, 0.25) is 0 Å². The Labute approximate surface area is 99.3 Å². The number of hydrogen-bond acceptors (Lipinski definition) is 4. The van der Waals surface area contributed by atoms with E-state index in [2.05, 4.69) is 0 Å². The minimum absolute atomic E-state index is 0.0827. The Morgan fingerprint density at radius 1 is 1.41 bits per heavy atom. The molecule has 5 heteroatoms. The molecular weight excluding hydrogens is 222 g/mol. The van der Waals surface area contributed by atoms with Gasteiger partial charge in [0.25, 0.3) is 5.91 Å². The summed E-state index contributed by atoms with van der Waals surface area (Å²) >= 11 is 0. The lowest BCUT2D eigenvalue weighted by atomic mass is 9.97. The van der Waals surface area contributed by atoms with Crippen molar-refractivity contribution in [2.45, 2.75) is 12.8 Å². The Kier molecular flexibility index (Phi) is 3.46. The molecule has 1 amide bonds. The number of nitrogens with zero attached hydrogens (tertiary/aromatic N) is 1. The number of carbonyl (C=O) groups excluding carboxylic acids is 2. The van der Waals surface area contributed by atoms with Crippen LogP contribution in [0, 0.1) is 5.92 Å². The van der Waals surface area contributed by atoms with Gasteiger partial charge in [-0.3, -0.25) is 9.59 Å². The number of esters is 1. The number of ether oxygens (including phenoxy) is 1. The van der Waals surface area contributed by atoms with Gasteiger partial charge in [-0.1, -0.05) is 0 Å². The highest BCUT2D eigenvalue weighted by atomic mass is 16.5. The molecule has 2 rings (SSSR count). The van der Waals surface area contributed by atoms with E-state index in [1.807, 2.05) is 0 Å². The van der Waals surface area contributed by atoms with Crippen LogP contribution in [-0.2, 0) is 9.53 Å². The van der Waals surface area contributed by atoms with Crippen molar-refractivity contribution < 1.29 is 18.7 Å². The molecule has 0 atom stereocenters. The second-order valence-corrected chi connectivity index (χ2v) is 4.07. The van der Waals surface area contributed by atoms with Crippen LogP contribution >= 0.6 is 0 Å². The molecule has 0 aromatic carbocycles. The third-order valence-electron chi connectivity index (χ3n) is 3.05. The van der Waals surface area contributed by atoms with E-state index >= 15 is 0 Å². The van der Waals surface area contributed by atoms with E-state index in [9.17, 15) is 9.59 Å². The number of rotatable bonds is 2. The Morgan fingerprint density at radius 2 is 2.12 bits per heavy atom. The van der Waals surface area contributed by atoms with E-state index in [0.717, 1.165) is 0 Å². The molecular formula is C12H15NO4. The molecule has 92 valence electrons. The van der Waals surface area contributed by atoms with Gasteiger partial charge in [-0.15, -0.1) is 0 Å². The van der Waals surface area contributed by atoms with Crippen molar-refractivity contribution in [1.82, 2.24) is 4.90 Å². The Morgan fingerprint density at radius 3 is 2.65 bits per heavy atom. The molecule has 0 N–H and O–H groups in total. The van der Waals surface area contributed by atoms with Crippen LogP contribution < -0.4 is 0 Å². The fourth-order valence-electron chi connectivity index (χ4n) is 2.04. The summed E-state index contributed by atoms with van der Waals surface area (Å²) in [5, 5.41) is 0. The summed E-state index contributed by atoms with van der Waals surface area (Å²) in [6.07, 6.45) is 2.78. The van der Waals surface area contributed by atoms with Crippen molar-refractivity contribution in [2.24, 2.45) is 5.92 Å². The zero-order valence-electron chi connectivity index (χ0n) is 9.72. The highest BCUT2D eigenvalue weighted by Gasteiger charge is 2.28. The van der Waals surface area contributed by atoms with Crippen molar-refractivity contribution in [1.29, 1.82) is 0 Å². The van der Waals surface area contributed by atoms with E-state index in [4.69, 9.17) is 9.15 Å². The maximum Gasteiger partial charge on any atom is 0.308 e. The number of furan rings is 1. The van der Waals surface area contributed by atoms with Crippen molar-refractivity contribution in [2.75, 3.05) is 20.2 Å². The molecule has 1 aliphatic rings. The van der Waals surface area contributed by atoms with Gasteiger partial charge < -0.3 is 14.1 Å². The van der Waals surface area contributed by atoms with Crippen LogP contribution in [0.1, 0.15) is 23.4 Å². The first-order valence-corrected chi connectivity index (χ1v) is 5.63. The van der Waals surface area contributed by atoms with Crippen LogP contribution in [-0.4, -0.2) is 37.0 Å². The summed E-state index contributed by atoms with van der Waals surface area (Å²) in [5.74, 6) is -0.0319. The lowest BCUT2D eigenvalue weighted by Gasteiger charge is -2.29. The van der Waals surface area contributed by atoms with E-state index in [1.165, 1.54) is 13.4 Å². The molecule has 0 aliphatic carbocycles. The summed E-state index contributed by atoms with van der Waals surface area (Å²) in [5.41, 5.74) is 0. The molecule has 1 fully saturated rings. The summed E-state index contributed by atoms with van der Waals surface area (Å²) in [6, 6.07) is 3.34. The highest BCUT2D eigenvalue weighted by Crippen LogP contribution is 2.20. The Hall–Kier alpha value is -1.78. The van der Waals surface area contributed by atoms with Gasteiger partial charge in [0.1, 0.15) is 0 Å². The van der Waals surface area contributed by atoms with Crippen molar-refractivity contribution in [3.05, 3.63) is 24.2 Å². The molecule has 0 spiro atoms. The second-order valence-electron chi connectivity index (χ2n) is 4.07. The Bertz CT molecular complexity index is 391. The standard InChI is InChI=1S/C12H15NO4/c1-16-12(15)9-4-6-13(7-5-9)11(14)10-3-2-8-17-10/h2-3,8-9H,4-7H2,1H3. The summed E-state index contributed by atoms with van der Waals surface area (Å²) in [7, 11) is 1.39. The number of piperidine rings is 1. The SMILES string of the molecule is COC(=O)C1CCN(C(=O)c2ccco2)CC1. The average Bonchev–Trinajstić information content (AvgIpc) is 2.91. The van der Waals surface area contributed by atoms with E-state index in [0.29, 0.717) is 31.7 Å². The Balaban J connectivity index is 1.91. The molecule has 0 unspecified atom stereocenters. The maximum atomic E-state index is 11.9. The number of amides is 1. The molecule has 1 saturated heterocycles. The first kappa shape index (κ1) is 11.7. The van der Waals surface area contributed by atoms with Gasteiger partial charge >= 0.3 is 5.97 Å². The van der Waals surface area contributed by atoms with Crippen LogP contribution in [0.15, 0.2) is 22.8 Å². The number of carbonyl (C=O) groups is 2. The molecule has 0 saturated carbocycles. The van der Waals surface area contributed by atoms with Crippen molar-refractivity contribution in [3.8, 4) is 0 Å². The fourth-order valence-corrected chi connectivity index (χ4v) is 2.04. The van der Waals surface area contributed by atoms with Gasteiger partial charge in [-0.05, 0) is 25.0 Å². The van der Waals surface area contributed by atoms with Crippen LogP contribution in [0.3, 0.4) is 0 Å². The fraction of sp³-hybridized carbons (Fsp3) is 0.500. The van der Waals surface area contributed by atoms with E-state index < -0.39 is 0 Å². The average molecular weight is 237 g/mol. The normalized spacial score (nSPS) is 16.9. The maximum absolute atomic E-state index is 11.9. The minimum Gasteiger partial charge on any atom is -0.469 e. The van der Waals surface area contributed by atoms with E-state index in [1.54, 1.807) is 17.0 Å². The van der Waals surface area contributed by atoms with Gasteiger partial charge in [0.05, 0.1) is 19.3 Å². The van der Waals surface area contributed by atoms with Gasteiger partial charge in [-0.2, -0.15) is 0 Å². The third-order valence-corrected chi connectivity index (χ3v) is 3.05. The highest BCUT2D eigenvalue weighted by molar-refractivity contribution is 5.91. The van der Waals surface area contributed by atoms with Crippen LogP contribution in [0.25, 0.3) is 0 Å². The second kappa shape index (κ2) is 5.03. The number of hydrogen-bond donors (Lipinski definition) is 0. The molecule has 17 heavy (non-hydrogen) atoms. The summed E-state index contributed by atoms with van der Waals surface area (Å²) in [6.45, 7) is 1.14. The van der Waals surface area contributed by atoms with Gasteiger partial charge in [0, 0.05) is 13.1 Å². The zero-order valence-corrected chi connectivity index (χ0v) is 9.72. The quantitative estimate of drug-likeness (QED) is 0.727. The van der Waals surface area contributed by atoms with Gasteiger partial charge in [0.15, 0.2) is 5.76 Å². The predicted molar refractivity (Wildman–Crippen MR) is 59.4 cm³/mol. The first-order chi connectivity index (χ1) is 8.22. The lowest BCUT2D eigenvalue weighted by molar-refractivity contribution is -0.146. The van der Waals surface area contributed by atoms with Crippen molar-refractivity contribution in [3.63, 3.8) is 0 Å². The summed E-state index contributed by atoms with van der Waals surface area (Å²) in [4.78, 5) is 25.0. The molecule has 1 aromatic heterocycles. The molecule has 5 nitrogen and oxygen atoms in total. The molecule has 0 bridgehead atoms. The molecule has 1 aromatic rings. The number of likely N-dealkylation sites (tertiary alicyclic amines) is 1. The van der Waals surface area contributed by atoms with Crippen LogP contribution in [0.2, 0.25) is 0 Å².